The van der Waals surface area contributed by atoms with Gasteiger partial charge in [-0.05, 0) is 18.2 Å². The van der Waals surface area contributed by atoms with Crippen molar-refractivity contribution in [3.63, 3.8) is 0 Å². The monoisotopic (exact) mass is 219 g/mol. The number of hydrogen-bond acceptors (Lipinski definition) is 3. The third kappa shape index (κ3) is 2.52. The summed E-state index contributed by atoms with van der Waals surface area (Å²) in [5.74, 6) is 2.02. The molecule has 2 aromatic rings. The summed E-state index contributed by atoms with van der Waals surface area (Å²) in [4.78, 5) is 0. The molecule has 0 aliphatic heterocycles. The molecule has 2 aromatic heterocycles. The van der Waals surface area contributed by atoms with Crippen LogP contribution in [-0.4, -0.2) is 9.78 Å². The minimum absolute atomic E-state index is 0.755. The third-order valence-electron chi connectivity index (χ3n) is 2.59. The Balaban J connectivity index is 1.82. The van der Waals surface area contributed by atoms with Crippen LogP contribution in [-0.2, 0) is 26.6 Å². The van der Waals surface area contributed by atoms with Gasteiger partial charge >= 0.3 is 0 Å². The topological polar surface area (TPSA) is 43.0 Å². The quantitative estimate of drug-likeness (QED) is 0.834. The van der Waals surface area contributed by atoms with Crippen molar-refractivity contribution >= 4 is 0 Å². The Hall–Kier alpha value is -1.55. The molecule has 0 saturated heterocycles. The highest BCUT2D eigenvalue weighted by molar-refractivity contribution is 5.07. The highest BCUT2D eigenvalue weighted by Gasteiger charge is 2.01. The van der Waals surface area contributed by atoms with Gasteiger partial charge in [0, 0.05) is 26.2 Å². The van der Waals surface area contributed by atoms with Gasteiger partial charge in [0.1, 0.15) is 11.5 Å². The van der Waals surface area contributed by atoms with E-state index in [1.807, 2.05) is 29.9 Å². The first-order valence-electron chi connectivity index (χ1n) is 5.54. The van der Waals surface area contributed by atoms with E-state index in [4.69, 9.17) is 4.42 Å². The molecule has 0 aliphatic rings. The van der Waals surface area contributed by atoms with Crippen molar-refractivity contribution in [3.05, 3.63) is 41.6 Å². The maximum Gasteiger partial charge on any atom is 0.117 e. The molecule has 0 atom stereocenters. The zero-order valence-corrected chi connectivity index (χ0v) is 9.73. The second-order valence-electron chi connectivity index (χ2n) is 3.77. The SMILES string of the molecule is CCc1ccc(CNCc2ccnn2C)o1. The van der Waals surface area contributed by atoms with Gasteiger partial charge in [-0.3, -0.25) is 4.68 Å². The molecular formula is C12H17N3O. The minimum Gasteiger partial charge on any atom is -0.465 e. The van der Waals surface area contributed by atoms with E-state index in [0.717, 1.165) is 31.0 Å². The van der Waals surface area contributed by atoms with Crippen LogP contribution >= 0.6 is 0 Å². The predicted octanol–water partition coefficient (Wildman–Crippen LogP) is 1.87. The molecule has 0 bridgehead atoms. The van der Waals surface area contributed by atoms with Gasteiger partial charge in [0.05, 0.1) is 12.2 Å². The molecule has 16 heavy (non-hydrogen) atoms. The highest BCUT2D eigenvalue weighted by atomic mass is 16.3. The lowest BCUT2D eigenvalue weighted by Gasteiger charge is -2.03. The fraction of sp³-hybridized carbons (Fsp3) is 0.417. The number of nitrogens with one attached hydrogen (secondary N) is 1. The number of aromatic nitrogens is 2. The molecule has 0 saturated carbocycles. The second-order valence-corrected chi connectivity index (χ2v) is 3.77. The summed E-state index contributed by atoms with van der Waals surface area (Å²) >= 11 is 0. The van der Waals surface area contributed by atoms with Crippen LogP contribution in [0, 0.1) is 0 Å². The molecule has 2 rings (SSSR count). The Morgan fingerprint density at radius 2 is 2.06 bits per heavy atom. The van der Waals surface area contributed by atoms with E-state index in [1.54, 1.807) is 6.20 Å². The van der Waals surface area contributed by atoms with Crippen molar-refractivity contribution in [1.82, 2.24) is 15.1 Å². The van der Waals surface area contributed by atoms with Gasteiger partial charge in [-0.15, -0.1) is 0 Å². The van der Waals surface area contributed by atoms with Crippen LogP contribution in [0.1, 0.15) is 24.1 Å². The number of aryl methyl sites for hydroxylation is 2. The lowest BCUT2D eigenvalue weighted by Crippen LogP contribution is -2.14. The van der Waals surface area contributed by atoms with Crippen molar-refractivity contribution in [2.24, 2.45) is 7.05 Å². The largest absolute Gasteiger partial charge is 0.465 e. The minimum atomic E-state index is 0.755. The molecule has 4 heteroatoms. The van der Waals surface area contributed by atoms with E-state index in [2.05, 4.69) is 17.3 Å². The molecule has 0 radical (unpaired) electrons. The lowest BCUT2D eigenvalue weighted by molar-refractivity contribution is 0.448. The van der Waals surface area contributed by atoms with Crippen molar-refractivity contribution in [3.8, 4) is 0 Å². The summed E-state index contributed by atoms with van der Waals surface area (Å²) < 4.78 is 7.47. The van der Waals surface area contributed by atoms with Crippen LogP contribution in [0.3, 0.4) is 0 Å². The van der Waals surface area contributed by atoms with Gasteiger partial charge in [-0.1, -0.05) is 6.92 Å². The summed E-state index contributed by atoms with van der Waals surface area (Å²) in [6.45, 7) is 3.65. The molecule has 0 unspecified atom stereocenters. The van der Waals surface area contributed by atoms with E-state index < -0.39 is 0 Å². The molecule has 0 fully saturated rings. The Kier molecular flexibility index (Phi) is 3.41. The van der Waals surface area contributed by atoms with E-state index in [9.17, 15) is 0 Å². The van der Waals surface area contributed by atoms with Crippen molar-refractivity contribution < 1.29 is 4.42 Å². The predicted molar refractivity (Wildman–Crippen MR) is 61.8 cm³/mol. The first kappa shape index (κ1) is 11.0. The van der Waals surface area contributed by atoms with E-state index in [-0.39, 0.29) is 0 Å². The van der Waals surface area contributed by atoms with Gasteiger partial charge in [-0.25, -0.2) is 0 Å². The molecule has 1 N–H and O–H groups in total. The molecule has 0 spiro atoms. The smallest absolute Gasteiger partial charge is 0.117 e. The number of furan rings is 1. The molecule has 0 aliphatic carbocycles. The van der Waals surface area contributed by atoms with E-state index in [1.165, 1.54) is 5.69 Å². The molecule has 0 aromatic carbocycles. The summed E-state index contributed by atoms with van der Waals surface area (Å²) in [6.07, 6.45) is 2.75. The van der Waals surface area contributed by atoms with Crippen LogP contribution in [0.5, 0.6) is 0 Å². The van der Waals surface area contributed by atoms with Crippen LogP contribution in [0.4, 0.5) is 0 Å². The van der Waals surface area contributed by atoms with Gasteiger partial charge in [-0.2, -0.15) is 5.10 Å². The van der Waals surface area contributed by atoms with E-state index in [0.29, 0.717) is 0 Å². The average Bonchev–Trinajstić information content (AvgIpc) is 2.89. The first-order valence-corrected chi connectivity index (χ1v) is 5.54. The molecule has 4 nitrogen and oxygen atoms in total. The molecule has 86 valence electrons. The first-order chi connectivity index (χ1) is 7.79. The van der Waals surface area contributed by atoms with E-state index >= 15 is 0 Å². The maximum atomic E-state index is 5.60. The number of rotatable bonds is 5. The summed E-state index contributed by atoms with van der Waals surface area (Å²) in [6, 6.07) is 6.06. The van der Waals surface area contributed by atoms with Crippen LogP contribution in [0.25, 0.3) is 0 Å². The van der Waals surface area contributed by atoms with Crippen molar-refractivity contribution in [2.75, 3.05) is 0 Å². The Bertz CT molecular complexity index is 445. The normalized spacial score (nSPS) is 10.9. The fourth-order valence-electron chi connectivity index (χ4n) is 1.60. The number of hydrogen-bond donors (Lipinski definition) is 1. The standard InChI is InChI=1S/C12H17N3O/c1-3-11-4-5-12(16-11)9-13-8-10-6-7-14-15(10)2/h4-7,13H,3,8-9H2,1-2H3. The maximum absolute atomic E-state index is 5.60. The third-order valence-corrected chi connectivity index (χ3v) is 2.59. The summed E-state index contributed by atoms with van der Waals surface area (Å²) in [7, 11) is 1.94. The highest BCUT2D eigenvalue weighted by Crippen LogP contribution is 2.08. The molecule has 2 heterocycles. The second kappa shape index (κ2) is 4.99. The van der Waals surface area contributed by atoms with Gasteiger partial charge in [0.2, 0.25) is 0 Å². The fourth-order valence-corrected chi connectivity index (χ4v) is 1.60. The zero-order chi connectivity index (χ0) is 11.4. The van der Waals surface area contributed by atoms with Crippen LogP contribution in [0.15, 0.2) is 28.8 Å². The Morgan fingerprint density at radius 1 is 1.25 bits per heavy atom. The van der Waals surface area contributed by atoms with Crippen molar-refractivity contribution in [1.29, 1.82) is 0 Å². The van der Waals surface area contributed by atoms with Gasteiger partial charge in [0.25, 0.3) is 0 Å². The van der Waals surface area contributed by atoms with Gasteiger partial charge in [0.15, 0.2) is 0 Å². The Morgan fingerprint density at radius 3 is 2.69 bits per heavy atom. The summed E-state index contributed by atoms with van der Waals surface area (Å²) in [5.41, 5.74) is 1.17. The van der Waals surface area contributed by atoms with Gasteiger partial charge < -0.3 is 9.73 Å². The summed E-state index contributed by atoms with van der Waals surface area (Å²) in [5, 5.41) is 7.44. The Labute approximate surface area is 95.3 Å². The molecule has 0 amide bonds. The van der Waals surface area contributed by atoms with Crippen LogP contribution in [0.2, 0.25) is 0 Å². The number of nitrogens with zero attached hydrogens (tertiary/aromatic N) is 2. The zero-order valence-electron chi connectivity index (χ0n) is 9.73. The van der Waals surface area contributed by atoms with Crippen LogP contribution < -0.4 is 5.32 Å². The molecular weight excluding hydrogens is 202 g/mol. The van der Waals surface area contributed by atoms with Crippen molar-refractivity contribution in [2.45, 2.75) is 26.4 Å². The lowest BCUT2D eigenvalue weighted by atomic mass is 10.3. The average molecular weight is 219 g/mol.